The Morgan fingerprint density at radius 1 is 1.44 bits per heavy atom. The van der Waals surface area contributed by atoms with Gasteiger partial charge in [0.15, 0.2) is 0 Å². The summed E-state index contributed by atoms with van der Waals surface area (Å²) >= 11 is 5.89. The van der Waals surface area contributed by atoms with Crippen LogP contribution >= 0.6 is 11.6 Å². The van der Waals surface area contributed by atoms with Crippen LogP contribution in [0.25, 0.3) is 11.0 Å². The quantitative estimate of drug-likeness (QED) is 0.826. The highest BCUT2D eigenvalue weighted by Crippen LogP contribution is 2.19. The van der Waals surface area contributed by atoms with Crippen molar-refractivity contribution in [1.82, 2.24) is 15.0 Å². The third-order valence-electron chi connectivity index (χ3n) is 2.56. The number of halogens is 1. The first kappa shape index (κ1) is 11.4. The summed E-state index contributed by atoms with van der Waals surface area (Å²) in [6, 6.07) is 5.56. The van der Waals surface area contributed by atoms with Crippen molar-refractivity contribution in [2.24, 2.45) is 0 Å². The topological polar surface area (TPSA) is 39.9 Å². The van der Waals surface area contributed by atoms with Crippen LogP contribution in [0.5, 0.6) is 0 Å². The lowest BCUT2D eigenvalue weighted by Crippen LogP contribution is -2.29. The number of fused-ring (bicyclic) bond motifs is 1. The highest BCUT2D eigenvalue weighted by Gasteiger charge is 2.19. The van der Waals surface area contributed by atoms with E-state index in [0.717, 1.165) is 11.0 Å². The van der Waals surface area contributed by atoms with Gasteiger partial charge in [0.05, 0.1) is 17.7 Å². The number of aromatic nitrogens is 3. The molecule has 16 heavy (non-hydrogen) atoms. The molecule has 2 rings (SSSR count). The van der Waals surface area contributed by atoms with E-state index in [1.807, 2.05) is 30.7 Å². The summed E-state index contributed by atoms with van der Waals surface area (Å²) in [5.74, 6) is 0. The molecule has 0 aliphatic carbocycles. The summed E-state index contributed by atoms with van der Waals surface area (Å²) in [5.41, 5.74) is 1.51. The van der Waals surface area contributed by atoms with Gasteiger partial charge >= 0.3 is 0 Å². The van der Waals surface area contributed by atoms with Crippen LogP contribution in [-0.4, -0.2) is 27.7 Å². The van der Waals surface area contributed by atoms with Gasteiger partial charge in [-0.15, -0.1) is 5.10 Å². The highest BCUT2D eigenvalue weighted by atomic mass is 35.5. The first-order chi connectivity index (χ1) is 7.52. The zero-order chi connectivity index (χ0) is 11.8. The van der Waals surface area contributed by atoms with Gasteiger partial charge in [0.25, 0.3) is 0 Å². The Hall–Kier alpha value is -1.13. The van der Waals surface area contributed by atoms with Crippen molar-refractivity contribution in [3.05, 3.63) is 23.2 Å². The number of hydrogen-bond acceptors (Lipinski definition) is 3. The molecule has 0 unspecified atom stereocenters. The molecule has 0 amide bonds. The average Bonchev–Trinajstić information content (AvgIpc) is 2.60. The minimum Gasteiger partial charge on any atom is -0.377 e. The molecule has 0 N–H and O–H groups in total. The van der Waals surface area contributed by atoms with Crippen LogP contribution in [0.3, 0.4) is 0 Å². The second-order valence-corrected chi connectivity index (χ2v) is 4.78. The van der Waals surface area contributed by atoms with Crippen molar-refractivity contribution >= 4 is 22.6 Å². The minimum atomic E-state index is -0.264. The van der Waals surface area contributed by atoms with E-state index < -0.39 is 0 Å². The fourth-order valence-electron chi connectivity index (χ4n) is 1.49. The van der Waals surface area contributed by atoms with Gasteiger partial charge in [-0.1, -0.05) is 16.8 Å². The molecule has 1 heterocycles. The third-order valence-corrected chi connectivity index (χ3v) is 2.79. The maximum atomic E-state index is 5.89. The lowest BCUT2D eigenvalue weighted by molar-refractivity contribution is 0.00601. The van der Waals surface area contributed by atoms with Gasteiger partial charge in [0.1, 0.15) is 5.52 Å². The molecule has 0 fully saturated rings. The Balaban J connectivity index is 2.39. The third kappa shape index (κ3) is 2.18. The van der Waals surface area contributed by atoms with E-state index in [0.29, 0.717) is 11.6 Å². The molecule has 0 saturated carbocycles. The summed E-state index contributed by atoms with van der Waals surface area (Å²) in [6.45, 7) is 4.68. The minimum absolute atomic E-state index is 0.264. The highest BCUT2D eigenvalue weighted by molar-refractivity contribution is 6.31. The number of benzene rings is 1. The van der Waals surface area contributed by atoms with Crippen LogP contribution in [0.4, 0.5) is 0 Å². The molecule has 1 aromatic carbocycles. The zero-order valence-corrected chi connectivity index (χ0v) is 10.3. The van der Waals surface area contributed by atoms with Crippen molar-refractivity contribution in [3.63, 3.8) is 0 Å². The van der Waals surface area contributed by atoms with Gasteiger partial charge in [-0.05, 0) is 32.0 Å². The largest absolute Gasteiger partial charge is 0.377 e. The van der Waals surface area contributed by atoms with E-state index >= 15 is 0 Å². The van der Waals surface area contributed by atoms with E-state index in [4.69, 9.17) is 16.3 Å². The molecule has 1 aromatic heterocycles. The van der Waals surface area contributed by atoms with Gasteiger partial charge in [0.2, 0.25) is 0 Å². The Morgan fingerprint density at radius 2 is 2.19 bits per heavy atom. The van der Waals surface area contributed by atoms with Crippen molar-refractivity contribution in [3.8, 4) is 0 Å². The molecule has 4 nitrogen and oxygen atoms in total. The molecule has 0 saturated heterocycles. The fourth-order valence-corrected chi connectivity index (χ4v) is 1.65. The van der Waals surface area contributed by atoms with Crippen LogP contribution in [0.15, 0.2) is 18.2 Å². The Morgan fingerprint density at radius 3 is 2.88 bits per heavy atom. The van der Waals surface area contributed by atoms with Crippen LogP contribution in [0.1, 0.15) is 13.8 Å². The number of ether oxygens (including phenoxy) is 1. The van der Waals surface area contributed by atoms with Crippen LogP contribution in [0, 0.1) is 0 Å². The second kappa shape index (κ2) is 4.03. The monoisotopic (exact) mass is 239 g/mol. The summed E-state index contributed by atoms with van der Waals surface area (Å²) in [7, 11) is 1.69. The molecule has 0 aliphatic heterocycles. The molecule has 0 bridgehead atoms. The van der Waals surface area contributed by atoms with E-state index in [-0.39, 0.29) is 5.60 Å². The van der Waals surface area contributed by atoms with Crippen molar-refractivity contribution in [1.29, 1.82) is 0 Å². The maximum Gasteiger partial charge on any atom is 0.114 e. The smallest absolute Gasteiger partial charge is 0.114 e. The molecule has 0 aliphatic rings. The average molecular weight is 240 g/mol. The summed E-state index contributed by atoms with van der Waals surface area (Å²) in [6.07, 6.45) is 0. The molecule has 0 radical (unpaired) electrons. The number of nitrogens with zero attached hydrogens (tertiary/aromatic N) is 3. The molecule has 2 aromatic rings. The Labute approximate surface area is 99.1 Å². The van der Waals surface area contributed by atoms with Crippen molar-refractivity contribution < 1.29 is 4.74 Å². The molecule has 0 spiro atoms. The van der Waals surface area contributed by atoms with Gasteiger partial charge in [-0.2, -0.15) is 0 Å². The van der Waals surface area contributed by atoms with Crippen molar-refractivity contribution in [2.45, 2.75) is 26.0 Å². The number of methoxy groups -OCH3 is 1. The number of rotatable bonds is 3. The van der Waals surface area contributed by atoms with E-state index in [2.05, 4.69) is 10.3 Å². The normalized spacial score (nSPS) is 12.2. The maximum absolute atomic E-state index is 5.89. The lowest BCUT2D eigenvalue weighted by Gasteiger charge is -2.22. The second-order valence-electron chi connectivity index (χ2n) is 4.34. The van der Waals surface area contributed by atoms with Gasteiger partial charge < -0.3 is 4.74 Å². The van der Waals surface area contributed by atoms with Crippen LogP contribution in [-0.2, 0) is 11.3 Å². The van der Waals surface area contributed by atoms with E-state index in [9.17, 15) is 0 Å². The SMILES string of the molecule is COC(C)(C)Cn1nnc2cc(Cl)ccc21. The molecule has 5 heteroatoms. The number of hydrogen-bond donors (Lipinski definition) is 0. The van der Waals surface area contributed by atoms with E-state index in [1.165, 1.54) is 0 Å². The first-order valence-electron chi connectivity index (χ1n) is 5.06. The molecule has 86 valence electrons. The zero-order valence-electron chi connectivity index (χ0n) is 9.57. The van der Waals surface area contributed by atoms with Gasteiger partial charge in [-0.25, -0.2) is 4.68 Å². The Kier molecular flexibility index (Phi) is 2.86. The van der Waals surface area contributed by atoms with Gasteiger partial charge in [0, 0.05) is 12.1 Å². The van der Waals surface area contributed by atoms with Gasteiger partial charge in [-0.3, -0.25) is 0 Å². The standard InChI is InChI=1S/C11H14ClN3O/c1-11(2,16-3)7-15-10-5-4-8(12)6-9(10)13-14-15/h4-6H,7H2,1-3H3. The summed E-state index contributed by atoms with van der Waals surface area (Å²) in [4.78, 5) is 0. The molecular formula is C11H14ClN3O. The van der Waals surface area contributed by atoms with Crippen molar-refractivity contribution in [2.75, 3.05) is 7.11 Å². The van der Waals surface area contributed by atoms with Crippen LogP contribution < -0.4 is 0 Å². The molecule has 0 atom stereocenters. The summed E-state index contributed by atoms with van der Waals surface area (Å²) < 4.78 is 7.20. The fraction of sp³-hybridized carbons (Fsp3) is 0.455. The lowest BCUT2D eigenvalue weighted by atomic mass is 10.1. The Bertz CT molecular complexity index is 507. The van der Waals surface area contributed by atoms with Crippen LogP contribution in [0.2, 0.25) is 5.02 Å². The summed E-state index contributed by atoms with van der Waals surface area (Å²) in [5, 5.41) is 8.84. The predicted octanol–water partition coefficient (Wildman–Crippen LogP) is 2.51. The van der Waals surface area contributed by atoms with E-state index in [1.54, 1.807) is 13.2 Å². The first-order valence-corrected chi connectivity index (χ1v) is 5.43. The predicted molar refractivity (Wildman–Crippen MR) is 63.6 cm³/mol. The molecular weight excluding hydrogens is 226 g/mol.